The Kier molecular flexibility index (Phi) is 14.1. The fourth-order valence-electron chi connectivity index (χ4n) is 5.69. The van der Waals surface area contributed by atoms with Gasteiger partial charge in [-0.05, 0) is 77.8 Å². The summed E-state index contributed by atoms with van der Waals surface area (Å²) in [5.41, 5.74) is 7.40. The lowest BCUT2D eigenvalue weighted by molar-refractivity contribution is 0.0735. The minimum Gasteiger partial charge on any atom is -0.423 e. The van der Waals surface area contributed by atoms with Crippen LogP contribution in [0.2, 0.25) is 5.02 Å². The van der Waals surface area contributed by atoms with E-state index in [1.807, 2.05) is 30.3 Å². The van der Waals surface area contributed by atoms with Crippen LogP contribution in [0.4, 0.5) is 0 Å². The zero-order valence-electron chi connectivity index (χ0n) is 26.8. The summed E-state index contributed by atoms with van der Waals surface area (Å²) in [7, 11) is 0. The van der Waals surface area contributed by atoms with Gasteiger partial charge in [-0.1, -0.05) is 156 Å². The molecular formula is C41H49ClO2. The lowest BCUT2D eigenvalue weighted by atomic mass is 10.00. The fourth-order valence-corrected chi connectivity index (χ4v) is 5.98. The second-order valence-corrected chi connectivity index (χ2v) is 12.4. The van der Waals surface area contributed by atoms with E-state index in [-0.39, 0.29) is 0 Å². The van der Waals surface area contributed by atoms with Gasteiger partial charge in [-0.25, -0.2) is 4.79 Å². The zero-order valence-corrected chi connectivity index (χ0v) is 27.5. The van der Waals surface area contributed by atoms with Gasteiger partial charge in [0.25, 0.3) is 0 Å². The van der Waals surface area contributed by atoms with E-state index in [1.165, 1.54) is 88.2 Å². The topological polar surface area (TPSA) is 26.3 Å². The number of carbonyl (C=O) groups excluding carboxylic acids is 1. The molecule has 4 aromatic carbocycles. The number of esters is 1. The van der Waals surface area contributed by atoms with E-state index in [2.05, 4.69) is 62.4 Å². The molecule has 0 N–H and O–H groups in total. The summed E-state index contributed by atoms with van der Waals surface area (Å²) in [6, 6.07) is 30.5. The van der Waals surface area contributed by atoms with Crippen LogP contribution in [0.1, 0.15) is 112 Å². The highest BCUT2D eigenvalue weighted by Crippen LogP contribution is 2.30. The highest BCUT2D eigenvalue weighted by atomic mass is 35.5. The third kappa shape index (κ3) is 10.7. The molecule has 0 amide bonds. The highest BCUT2D eigenvalue weighted by molar-refractivity contribution is 6.33. The Morgan fingerprint density at radius 3 is 1.50 bits per heavy atom. The van der Waals surface area contributed by atoms with Gasteiger partial charge >= 0.3 is 5.97 Å². The number of aryl methyl sites for hydroxylation is 2. The Bertz CT molecular complexity index is 1400. The molecule has 0 aromatic heterocycles. The maximum Gasteiger partial charge on any atom is 0.343 e. The minimum atomic E-state index is -0.417. The van der Waals surface area contributed by atoms with Crippen molar-refractivity contribution < 1.29 is 9.53 Å². The van der Waals surface area contributed by atoms with E-state index in [0.29, 0.717) is 16.3 Å². The maximum atomic E-state index is 12.9. The molecule has 4 aromatic rings. The first kappa shape index (κ1) is 33.5. The van der Waals surface area contributed by atoms with Crippen molar-refractivity contribution in [1.29, 1.82) is 0 Å². The number of hydrogen-bond acceptors (Lipinski definition) is 2. The maximum absolute atomic E-state index is 12.9. The van der Waals surface area contributed by atoms with Gasteiger partial charge in [0.05, 0.1) is 5.56 Å². The molecule has 0 saturated carbocycles. The summed E-state index contributed by atoms with van der Waals surface area (Å²) in [5.74, 6) is 0.0964. The highest BCUT2D eigenvalue weighted by Gasteiger charge is 2.13. The molecular weight excluding hydrogens is 560 g/mol. The number of halogens is 1. The average Bonchev–Trinajstić information content (AvgIpc) is 3.05. The number of hydrogen-bond donors (Lipinski definition) is 0. The van der Waals surface area contributed by atoms with Crippen LogP contribution in [-0.4, -0.2) is 5.97 Å². The van der Waals surface area contributed by atoms with Gasteiger partial charge in [-0.2, -0.15) is 0 Å². The summed E-state index contributed by atoms with van der Waals surface area (Å²) in [4.78, 5) is 12.9. The van der Waals surface area contributed by atoms with E-state index in [0.717, 1.165) is 35.1 Å². The fraction of sp³-hybridized carbons (Fsp3) is 0.390. The van der Waals surface area contributed by atoms with Crippen molar-refractivity contribution in [2.45, 2.75) is 104 Å². The molecule has 0 radical (unpaired) electrons. The number of unbranched alkanes of at least 4 members (excludes halogenated alkanes) is 10. The van der Waals surface area contributed by atoms with Crippen LogP contribution in [0.25, 0.3) is 22.3 Å². The van der Waals surface area contributed by atoms with Crippen molar-refractivity contribution in [3.8, 4) is 28.0 Å². The standard InChI is InChI=1S/C41H49ClO2/c1-3-5-7-9-11-13-15-32-17-21-34(22-18-32)35-25-28-38(29-26-35)44-41(43)37-27-30-39(40(42)31-37)36-23-19-33(20-24-36)16-14-12-10-8-6-4-2/h17-31H,3-16H2,1-2H3. The number of rotatable bonds is 18. The molecule has 0 aliphatic heterocycles. The Morgan fingerprint density at radius 1 is 0.545 bits per heavy atom. The van der Waals surface area contributed by atoms with Gasteiger partial charge in [0.15, 0.2) is 0 Å². The number of benzene rings is 4. The molecule has 3 heteroatoms. The largest absolute Gasteiger partial charge is 0.423 e. The van der Waals surface area contributed by atoms with Crippen molar-refractivity contribution >= 4 is 17.6 Å². The zero-order chi connectivity index (χ0) is 31.0. The molecule has 4 rings (SSSR count). The molecule has 0 heterocycles. The second-order valence-electron chi connectivity index (χ2n) is 12.0. The SMILES string of the molecule is CCCCCCCCc1ccc(-c2ccc(OC(=O)c3ccc(-c4ccc(CCCCCCCC)cc4)c(Cl)c3)cc2)cc1. The molecule has 0 saturated heterocycles. The van der Waals surface area contributed by atoms with Gasteiger partial charge in [0.1, 0.15) is 5.75 Å². The third-order valence-electron chi connectivity index (χ3n) is 8.46. The van der Waals surface area contributed by atoms with Crippen molar-refractivity contribution in [3.05, 3.63) is 113 Å². The molecule has 2 nitrogen and oxygen atoms in total. The predicted octanol–water partition coefficient (Wildman–Crippen LogP) is 12.7. The van der Waals surface area contributed by atoms with Gasteiger partial charge in [-0.15, -0.1) is 0 Å². The van der Waals surface area contributed by atoms with Gasteiger partial charge in [0, 0.05) is 10.6 Å². The normalized spacial score (nSPS) is 11.1. The van der Waals surface area contributed by atoms with Crippen LogP contribution in [-0.2, 0) is 12.8 Å². The van der Waals surface area contributed by atoms with Crippen LogP contribution in [0, 0.1) is 0 Å². The summed E-state index contributed by atoms with van der Waals surface area (Å²) in [6.07, 6.45) is 18.0. The van der Waals surface area contributed by atoms with E-state index >= 15 is 0 Å². The lowest BCUT2D eigenvalue weighted by Crippen LogP contribution is -2.08. The number of ether oxygens (including phenoxy) is 1. The summed E-state index contributed by atoms with van der Waals surface area (Å²) in [6.45, 7) is 4.51. The van der Waals surface area contributed by atoms with E-state index < -0.39 is 5.97 Å². The van der Waals surface area contributed by atoms with Crippen LogP contribution in [0.5, 0.6) is 5.75 Å². The smallest absolute Gasteiger partial charge is 0.343 e. The Balaban J connectivity index is 1.27. The first-order valence-corrected chi connectivity index (χ1v) is 17.3. The van der Waals surface area contributed by atoms with Crippen LogP contribution in [0.15, 0.2) is 91.0 Å². The Morgan fingerprint density at radius 2 is 1.00 bits per heavy atom. The van der Waals surface area contributed by atoms with Gasteiger partial charge < -0.3 is 4.74 Å². The van der Waals surface area contributed by atoms with Crippen LogP contribution < -0.4 is 4.74 Å². The second kappa shape index (κ2) is 18.4. The van der Waals surface area contributed by atoms with E-state index in [9.17, 15) is 4.79 Å². The summed E-state index contributed by atoms with van der Waals surface area (Å²) < 4.78 is 5.68. The molecule has 0 fully saturated rings. The average molecular weight is 609 g/mol. The molecule has 0 aliphatic rings. The Hall–Kier alpha value is -3.36. The predicted molar refractivity (Wildman–Crippen MR) is 188 cm³/mol. The number of carbonyl (C=O) groups is 1. The molecule has 0 atom stereocenters. The third-order valence-corrected chi connectivity index (χ3v) is 8.77. The van der Waals surface area contributed by atoms with Gasteiger partial charge in [0.2, 0.25) is 0 Å². The van der Waals surface area contributed by atoms with Crippen molar-refractivity contribution in [2.75, 3.05) is 0 Å². The summed E-state index contributed by atoms with van der Waals surface area (Å²) in [5, 5.41) is 0.540. The molecule has 0 unspecified atom stereocenters. The minimum absolute atomic E-state index is 0.417. The van der Waals surface area contributed by atoms with Gasteiger partial charge in [-0.3, -0.25) is 0 Å². The summed E-state index contributed by atoms with van der Waals surface area (Å²) >= 11 is 6.64. The monoisotopic (exact) mass is 608 g/mol. The molecule has 44 heavy (non-hydrogen) atoms. The lowest BCUT2D eigenvalue weighted by Gasteiger charge is -2.10. The quantitative estimate of drug-likeness (QED) is 0.0638. The van der Waals surface area contributed by atoms with Crippen LogP contribution >= 0.6 is 11.6 Å². The molecule has 0 spiro atoms. The molecule has 0 bridgehead atoms. The van der Waals surface area contributed by atoms with E-state index in [1.54, 1.807) is 12.1 Å². The Labute approximate surface area is 270 Å². The van der Waals surface area contributed by atoms with Crippen LogP contribution in [0.3, 0.4) is 0 Å². The van der Waals surface area contributed by atoms with Crippen molar-refractivity contribution in [1.82, 2.24) is 0 Å². The first-order chi connectivity index (χ1) is 21.6. The van der Waals surface area contributed by atoms with Crippen molar-refractivity contribution in [2.24, 2.45) is 0 Å². The van der Waals surface area contributed by atoms with Crippen molar-refractivity contribution in [3.63, 3.8) is 0 Å². The molecule has 0 aliphatic carbocycles. The first-order valence-electron chi connectivity index (χ1n) is 16.9. The van der Waals surface area contributed by atoms with E-state index in [4.69, 9.17) is 16.3 Å². The molecule has 232 valence electrons.